The molecule has 0 bridgehead atoms. The second-order valence-electron chi connectivity index (χ2n) is 13.0. The number of carbonyl (C=O) groups excluding carboxylic acids is 3. The van der Waals surface area contributed by atoms with Crippen LogP contribution in [-0.4, -0.2) is 64.6 Å². The van der Waals surface area contributed by atoms with E-state index in [2.05, 4.69) is 30.8 Å². The van der Waals surface area contributed by atoms with Gasteiger partial charge in [-0.05, 0) is 76.0 Å². The zero-order valence-corrected chi connectivity index (χ0v) is 29.0. The minimum absolute atomic E-state index is 0.0192. The number of amides is 3. The van der Waals surface area contributed by atoms with E-state index in [1.165, 1.54) is 19.1 Å². The lowest BCUT2D eigenvalue weighted by Gasteiger charge is -2.32. The van der Waals surface area contributed by atoms with Crippen LogP contribution in [-0.2, 0) is 11.3 Å². The van der Waals surface area contributed by atoms with Crippen LogP contribution >= 0.6 is 0 Å². The number of carbonyl (C=O) groups is 3. The largest absolute Gasteiger partial charge is 0.491 e. The number of nitrogens with zero attached hydrogens (tertiary/aromatic N) is 4. The molecule has 53 heavy (non-hydrogen) atoms. The fourth-order valence-corrected chi connectivity index (χ4v) is 6.48. The van der Waals surface area contributed by atoms with Crippen LogP contribution in [0.5, 0.6) is 5.75 Å². The number of aromatic nitrogens is 2. The topological polar surface area (TPSA) is 129 Å². The second kappa shape index (κ2) is 15.1. The molecule has 11 nitrogen and oxygen atoms in total. The van der Waals surface area contributed by atoms with Gasteiger partial charge in [0.15, 0.2) is 11.6 Å². The van der Waals surface area contributed by atoms with Gasteiger partial charge in [-0.3, -0.25) is 9.69 Å². The molecule has 0 saturated carbocycles. The summed E-state index contributed by atoms with van der Waals surface area (Å²) >= 11 is 0. The van der Waals surface area contributed by atoms with Crippen molar-refractivity contribution < 1.29 is 41.1 Å². The molecule has 2 aliphatic rings. The molecule has 3 aromatic carbocycles. The van der Waals surface area contributed by atoms with E-state index in [-0.39, 0.29) is 53.3 Å². The average molecular weight is 738 g/mol. The van der Waals surface area contributed by atoms with Crippen molar-refractivity contribution in [3.8, 4) is 17.0 Å². The first-order chi connectivity index (χ1) is 25.2. The number of alkyl halides is 3. The van der Waals surface area contributed by atoms with Crippen LogP contribution in [0.4, 0.5) is 44.2 Å². The molecule has 1 fully saturated rings. The van der Waals surface area contributed by atoms with Crippen molar-refractivity contribution in [1.29, 1.82) is 0 Å². The monoisotopic (exact) mass is 737 g/mol. The minimum Gasteiger partial charge on any atom is -0.418 e. The Morgan fingerprint density at radius 3 is 2.28 bits per heavy atom. The summed E-state index contributed by atoms with van der Waals surface area (Å²) in [5, 5.41) is 8.31. The maximum Gasteiger partial charge on any atom is 0.491 e. The average Bonchev–Trinajstić information content (AvgIpc) is 3.63. The van der Waals surface area contributed by atoms with Crippen molar-refractivity contribution in [2.24, 2.45) is 0 Å². The zero-order chi connectivity index (χ0) is 38.0. The number of rotatable bonds is 10. The first kappa shape index (κ1) is 37.1. The Bertz CT molecular complexity index is 2020. The summed E-state index contributed by atoms with van der Waals surface area (Å²) in [6.07, 6.45) is -3.47. The summed E-state index contributed by atoms with van der Waals surface area (Å²) in [7, 11) is 0. The number of halogens is 5. The van der Waals surface area contributed by atoms with Crippen molar-refractivity contribution in [3.05, 3.63) is 94.6 Å². The number of anilines is 3. The third-order valence-electron chi connectivity index (χ3n) is 8.89. The SMILES string of the molecule is Cc1ccc(C(=O)NC(C)C)c(OC(=O)C(F)(F)F)c1-c1nc(NCC(c2ccccc2)N2CCCC2)nc2c1CNC(=O)N2c1c(F)cccc1F. The van der Waals surface area contributed by atoms with Crippen molar-refractivity contribution >= 4 is 35.4 Å². The van der Waals surface area contributed by atoms with Gasteiger partial charge in [0.1, 0.15) is 17.3 Å². The highest BCUT2D eigenvalue weighted by Crippen LogP contribution is 2.44. The Morgan fingerprint density at radius 2 is 1.64 bits per heavy atom. The molecule has 6 rings (SSSR count). The predicted octanol–water partition coefficient (Wildman–Crippen LogP) is 6.95. The molecule has 1 unspecified atom stereocenters. The molecule has 2 aliphatic heterocycles. The van der Waals surface area contributed by atoms with Gasteiger partial charge in [0.05, 0.1) is 23.8 Å². The fourth-order valence-electron chi connectivity index (χ4n) is 6.48. The molecule has 1 saturated heterocycles. The number of nitrogens with one attached hydrogen (secondary N) is 3. The third kappa shape index (κ3) is 7.77. The maximum absolute atomic E-state index is 15.3. The lowest BCUT2D eigenvalue weighted by molar-refractivity contribution is -0.189. The lowest BCUT2D eigenvalue weighted by Crippen LogP contribution is -2.43. The number of urea groups is 1. The van der Waals surface area contributed by atoms with Crippen molar-refractivity contribution in [1.82, 2.24) is 25.5 Å². The quantitative estimate of drug-likeness (QED) is 0.0907. The summed E-state index contributed by atoms with van der Waals surface area (Å²) < 4.78 is 76.8. The summed E-state index contributed by atoms with van der Waals surface area (Å²) in [5.74, 6) is -6.81. The van der Waals surface area contributed by atoms with Gasteiger partial charge in [-0.15, -0.1) is 0 Å². The van der Waals surface area contributed by atoms with E-state index in [1.54, 1.807) is 13.8 Å². The second-order valence-corrected chi connectivity index (χ2v) is 13.0. The van der Waals surface area contributed by atoms with Crippen molar-refractivity contribution in [3.63, 3.8) is 0 Å². The smallest absolute Gasteiger partial charge is 0.418 e. The van der Waals surface area contributed by atoms with Crippen molar-refractivity contribution in [2.45, 2.75) is 58.4 Å². The van der Waals surface area contributed by atoms with E-state index in [4.69, 9.17) is 4.74 Å². The fraction of sp³-hybridized carbons (Fsp3) is 0.324. The van der Waals surface area contributed by atoms with Crippen LogP contribution in [0.1, 0.15) is 59.8 Å². The molecule has 278 valence electrons. The van der Waals surface area contributed by atoms with Gasteiger partial charge in [-0.1, -0.05) is 42.5 Å². The highest BCUT2D eigenvalue weighted by molar-refractivity contribution is 6.04. The Labute approximate surface area is 301 Å². The van der Waals surface area contributed by atoms with E-state index < -0.39 is 58.8 Å². The lowest BCUT2D eigenvalue weighted by atomic mass is 9.95. The summed E-state index contributed by atoms with van der Waals surface area (Å²) in [6, 6.07) is 13.7. The van der Waals surface area contributed by atoms with E-state index >= 15 is 8.78 Å². The number of aryl methyl sites for hydroxylation is 1. The number of likely N-dealkylation sites (tertiary alicyclic amines) is 1. The summed E-state index contributed by atoms with van der Waals surface area (Å²) in [6.45, 7) is 6.28. The van der Waals surface area contributed by atoms with Gasteiger partial charge in [0.2, 0.25) is 5.95 Å². The van der Waals surface area contributed by atoms with E-state index in [1.807, 2.05) is 30.3 Å². The van der Waals surface area contributed by atoms with Crippen LogP contribution in [0.3, 0.4) is 0 Å². The van der Waals surface area contributed by atoms with Gasteiger partial charge < -0.3 is 20.7 Å². The normalized spacial score (nSPS) is 15.2. The number of hydrogen-bond donors (Lipinski definition) is 3. The molecule has 3 N–H and O–H groups in total. The molecule has 0 radical (unpaired) electrons. The number of para-hydroxylation sites is 1. The first-order valence-corrected chi connectivity index (χ1v) is 16.9. The van der Waals surface area contributed by atoms with E-state index in [9.17, 15) is 27.6 Å². The van der Waals surface area contributed by atoms with Crippen LogP contribution in [0, 0.1) is 18.6 Å². The third-order valence-corrected chi connectivity index (χ3v) is 8.89. The van der Waals surface area contributed by atoms with E-state index in [0.29, 0.717) is 4.90 Å². The highest BCUT2D eigenvalue weighted by atomic mass is 19.4. The molecular weight excluding hydrogens is 701 g/mol. The number of hydrogen-bond acceptors (Lipinski definition) is 8. The Morgan fingerprint density at radius 1 is 0.962 bits per heavy atom. The van der Waals surface area contributed by atoms with Crippen LogP contribution < -0.4 is 25.6 Å². The van der Waals surface area contributed by atoms with Gasteiger partial charge >= 0.3 is 18.2 Å². The van der Waals surface area contributed by atoms with Gasteiger partial charge in [-0.25, -0.2) is 28.3 Å². The Balaban J connectivity index is 1.58. The number of esters is 1. The molecular formula is C37H36F5N7O4. The maximum atomic E-state index is 15.3. The first-order valence-electron chi connectivity index (χ1n) is 16.9. The molecule has 16 heteroatoms. The molecule has 3 amide bonds. The number of ether oxygens (including phenoxy) is 1. The van der Waals surface area contributed by atoms with Crippen molar-refractivity contribution in [2.75, 3.05) is 29.9 Å². The minimum atomic E-state index is -5.44. The molecule has 3 heterocycles. The van der Waals surface area contributed by atoms with E-state index in [0.717, 1.165) is 49.7 Å². The zero-order valence-electron chi connectivity index (χ0n) is 29.0. The summed E-state index contributed by atoms with van der Waals surface area (Å²) in [5.41, 5.74) is -0.299. The number of fused-ring (bicyclic) bond motifs is 1. The standard InChI is InChI=1S/C37H36F5N7O4/c1-20(2)45-33(50)23-15-14-21(3)28(31(23)53-34(51)37(40,41)42)29-24-18-44-36(52)49(30-25(38)12-9-13-26(30)39)32(24)47-35(46-29)43-19-27(48-16-7-8-17-48)22-10-5-4-6-11-22/h4-6,9-15,20,27H,7-8,16-19H2,1-3H3,(H,44,52)(H,45,50)(H,43,46,47). The van der Waals surface area contributed by atoms with Gasteiger partial charge in [0.25, 0.3) is 5.91 Å². The van der Waals surface area contributed by atoms with Gasteiger partial charge in [-0.2, -0.15) is 18.2 Å². The molecule has 1 atom stereocenters. The molecule has 0 spiro atoms. The number of benzene rings is 3. The molecule has 4 aromatic rings. The molecule has 0 aliphatic carbocycles. The molecule has 1 aromatic heterocycles. The Hall–Kier alpha value is -5.64. The van der Waals surface area contributed by atoms with Gasteiger partial charge in [0, 0.05) is 23.7 Å². The Kier molecular flexibility index (Phi) is 10.6. The van der Waals surface area contributed by atoms with Crippen LogP contribution in [0.15, 0.2) is 60.7 Å². The summed E-state index contributed by atoms with van der Waals surface area (Å²) in [4.78, 5) is 51.4. The highest BCUT2D eigenvalue weighted by Gasteiger charge is 2.43. The van der Waals surface area contributed by atoms with Crippen LogP contribution in [0.25, 0.3) is 11.3 Å². The predicted molar refractivity (Wildman–Crippen MR) is 186 cm³/mol. The van der Waals surface area contributed by atoms with Crippen LogP contribution in [0.2, 0.25) is 0 Å².